The summed E-state index contributed by atoms with van der Waals surface area (Å²) in [4.78, 5) is 11.3. The summed E-state index contributed by atoms with van der Waals surface area (Å²) < 4.78 is 4.67. The molecule has 0 amide bonds. The molecule has 1 aliphatic rings. The zero-order valence-corrected chi connectivity index (χ0v) is 11.1. The van der Waals surface area contributed by atoms with E-state index in [1.165, 1.54) is 12.7 Å². The maximum Gasteiger partial charge on any atom is 0.337 e. The molecule has 1 aliphatic heterocycles. The van der Waals surface area contributed by atoms with Gasteiger partial charge in [-0.15, -0.1) is 11.8 Å². The molecule has 92 valence electrons. The highest BCUT2D eigenvalue weighted by Crippen LogP contribution is 2.37. The van der Waals surface area contributed by atoms with Crippen LogP contribution in [0.5, 0.6) is 0 Å². The molecule has 1 unspecified atom stereocenters. The summed E-state index contributed by atoms with van der Waals surface area (Å²) in [5, 5.41) is 3.87. The highest BCUT2D eigenvalue weighted by Gasteiger charge is 2.31. The van der Waals surface area contributed by atoms with Gasteiger partial charge in [-0.25, -0.2) is 4.79 Å². The first-order valence-electron chi connectivity index (χ1n) is 5.59. The minimum atomic E-state index is -0.288. The Morgan fingerprint density at radius 3 is 2.53 bits per heavy atom. The van der Waals surface area contributed by atoms with Gasteiger partial charge < -0.3 is 4.74 Å². The zero-order chi connectivity index (χ0) is 12.5. The number of rotatable bonds is 2. The molecule has 1 fully saturated rings. The molecule has 0 radical (unpaired) electrons. The molecule has 0 saturated carbocycles. The molecule has 1 saturated heterocycles. The van der Waals surface area contributed by atoms with Crippen LogP contribution in [0.4, 0.5) is 0 Å². The number of hydrogen-bond acceptors (Lipinski definition) is 4. The molecule has 0 aliphatic carbocycles. The summed E-state index contributed by atoms with van der Waals surface area (Å²) >= 11 is 1.90. The van der Waals surface area contributed by atoms with Gasteiger partial charge in [0.1, 0.15) is 0 Å². The lowest BCUT2D eigenvalue weighted by molar-refractivity contribution is 0.0600. The predicted octanol–water partition coefficient (Wildman–Crippen LogP) is 2.59. The molecule has 17 heavy (non-hydrogen) atoms. The van der Waals surface area contributed by atoms with Crippen LogP contribution in [0, 0.1) is 0 Å². The molecule has 1 aromatic carbocycles. The van der Waals surface area contributed by atoms with Crippen molar-refractivity contribution < 1.29 is 9.53 Å². The van der Waals surface area contributed by atoms with E-state index in [1.54, 1.807) is 0 Å². The average molecular weight is 251 g/mol. The van der Waals surface area contributed by atoms with Gasteiger partial charge in [-0.3, -0.25) is 5.32 Å². The van der Waals surface area contributed by atoms with E-state index < -0.39 is 0 Å². The molecule has 0 aromatic heterocycles. The van der Waals surface area contributed by atoms with Crippen LogP contribution in [0.15, 0.2) is 24.3 Å². The SMILES string of the molecule is COC(=O)c1ccc(C2NC(C)(C)CS2)cc1. The monoisotopic (exact) mass is 251 g/mol. The van der Waals surface area contributed by atoms with Gasteiger partial charge in [0.25, 0.3) is 0 Å². The molecule has 1 heterocycles. The Bertz CT molecular complexity index is 414. The maximum atomic E-state index is 11.3. The second kappa shape index (κ2) is 4.70. The van der Waals surface area contributed by atoms with Gasteiger partial charge in [-0.05, 0) is 31.5 Å². The zero-order valence-electron chi connectivity index (χ0n) is 10.3. The van der Waals surface area contributed by atoms with Gasteiger partial charge in [-0.1, -0.05) is 12.1 Å². The van der Waals surface area contributed by atoms with E-state index in [0.717, 1.165) is 5.75 Å². The minimum absolute atomic E-state index is 0.177. The maximum absolute atomic E-state index is 11.3. The van der Waals surface area contributed by atoms with Crippen LogP contribution in [0.2, 0.25) is 0 Å². The van der Waals surface area contributed by atoms with E-state index in [9.17, 15) is 4.79 Å². The van der Waals surface area contributed by atoms with Gasteiger partial charge in [-0.2, -0.15) is 0 Å². The van der Waals surface area contributed by atoms with Crippen LogP contribution in [-0.4, -0.2) is 24.4 Å². The fourth-order valence-electron chi connectivity index (χ4n) is 1.82. The van der Waals surface area contributed by atoms with Crippen LogP contribution < -0.4 is 5.32 Å². The number of ether oxygens (including phenoxy) is 1. The third-order valence-electron chi connectivity index (χ3n) is 2.77. The lowest BCUT2D eigenvalue weighted by Gasteiger charge is -2.19. The number of nitrogens with one attached hydrogen (secondary N) is 1. The van der Waals surface area contributed by atoms with Crippen LogP contribution in [0.25, 0.3) is 0 Å². The largest absolute Gasteiger partial charge is 0.465 e. The molecule has 1 N–H and O–H groups in total. The summed E-state index contributed by atoms with van der Waals surface area (Å²) in [6.45, 7) is 4.39. The van der Waals surface area contributed by atoms with E-state index in [1.807, 2.05) is 36.0 Å². The summed E-state index contributed by atoms with van der Waals surface area (Å²) in [7, 11) is 1.40. The first-order valence-corrected chi connectivity index (χ1v) is 6.64. The van der Waals surface area contributed by atoms with E-state index in [-0.39, 0.29) is 11.5 Å². The highest BCUT2D eigenvalue weighted by atomic mass is 32.2. The van der Waals surface area contributed by atoms with Crippen molar-refractivity contribution in [2.24, 2.45) is 0 Å². The summed E-state index contributed by atoms with van der Waals surface area (Å²) in [6.07, 6.45) is 0. The number of benzene rings is 1. The van der Waals surface area contributed by atoms with Crippen molar-refractivity contribution in [2.75, 3.05) is 12.9 Å². The first kappa shape index (κ1) is 12.5. The predicted molar refractivity (Wildman–Crippen MR) is 70.2 cm³/mol. The summed E-state index contributed by atoms with van der Waals surface area (Å²) in [5.41, 5.74) is 1.97. The molecular weight excluding hydrogens is 234 g/mol. The van der Waals surface area contributed by atoms with E-state index in [0.29, 0.717) is 10.9 Å². The van der Waals surface area contributed by atoms with Crippen LogP contribution in [0.3, 0.4) is 0 Å². The molecular formula is C13H17NO2S. The Hall–Kier alpha value is -1.00. The normalized spacial score (nSPS) is 22.4. The average Bonchev–Trinajstić information content (AvgIpc) is 2.69. The fourth-order valence-corrected chi connectivity index (χ4v) is 3.24. The Labute approximate surface area is 106 Å². The quantitative estimate of drug-likeness (QED) is 0.820. The molecule has 1 aromatic rings. The third-order valence-corrected chi connectivity index (χ3v) is 4.38. The number of hydrogen-bond donors (Lipinski definition) is 1. The molecule has 0 bridgehead atoms. The fraction of sp³-hybridized carbons (Fsp3) is 0.462. The van der Waals surface area contributed by atoms with Crippen LogP contribution in [0.1, 0.15) is 35.1 Å². The van der Waals surface area contributed by atoms with Gasteiger partial charge in [0.05, 0.1) is 18.0 Å². The summed E-state index contributed by atoms with van der Waals surface area (Å²) in [6, 6.07) is 7.60. The number of carbonyl (C=O) groups is 1. The molecule has 3 nitrogen and oxygen atoms in total. The van der Waals surface area contributed by atoms with Gasteiger partial charge in [0.2, 0.25) is 0 Å². The van der Waals surface area contributed by atoms with Crippen LogP contribution in [-0.2, 0) is 4.74 Å². The smallest absolute Gasteiger partial charge is 0.337 e. The topological polar surface area (TPSA) is 38.3 Å². The van der Waals surface area contributed by atoms with Crippen molar-refractivity contribution in [3.8, 4) is 0 Å². The second-order valence-corrected chi connectivity index (χ2v) is 5.93. The van der Waals surface area contributed by atoms with Crippen molar-refractivity contribution >= 4 is 17.7 Å². The molecule has 4 heteroatoms. The standard InChI is InChI=1S/C13H17NO2S/c1-13(2)8-17-11(14-13)9-4-6-10(7-5-9)12(15)16-3/h4-7,11,14H,8H2,1-3H3. The molecule has 0 spiro atoms. The lowest BCUT2D eigenvalue weighted by atomic mass is 10.1. The van der Waals surface area contributed by atoms with Crippen molar-refractivity contribution in [1.29, 1.82) is 0 Å². The van der Waals surface area contributed by atoms with E-state index in [4.69, 9.17) is 0 Å². The van der Waals surface area contributed by atoms with Crippen molar-refractivity contribution in [2.45, 2.75) is 24.8 Å². The number of thioether (sulfide) groups is 1. The van der Waals surface area contributed by atoms with Gasteiger partial charge in [0.15, 0.2) is 0 Å². The van der Waals surface area contributed by atoms with E-state index >= 15 is 0 Å². The Kier molecular flexibility index (Phi) is 3.45. The van der Waals surface area contributed by atoms with Gasteiger partial charge >= 0.3 is 5.97 Å². The third kappa shape index (κ3) is 2.82. The Balaban J connectivity index is 2.11. The molecule has 1 atom stereocenters. The Morgan fingerprint density at radius 1 is 1.41 bits per heavy atom. The minimum Gasteiger partial charge on any atom is -0.465 e. The van der Waals surface area contributed by atoms with Crippen molar-refractivity contribution in [3.05, 3.63) is 35.4 Å². The Morgan fingerprint density at radius 2 is 2.06 bits per heavy atom. The first-order chi connectivity index (χ1) is 8.02. The number of carbonyl (C=O) groups excluding carboxylic acids is 1. The van der Waals surface area contributed by atoms with Gasteiger partial charge in [0, 0.05) is 11.3 Å². The van der Waals surface area contributed by atoms with Crippen LogP contribution >= 0.6 is 11.8 Å². The highest BCUT2D eigenvalue weighted by molar-refractivity contribution is 7.99. The lowest BCUT2D eigenvalue weighted by Crippen LogP contribution is -2.35. The number of esters is 1. The van der Waals surface area contributed by atoms with Crippen molar-refractivity contribution in [3.63, 3.8) is 0 Å². The van der Waals surface area contributed by atoms with Crippen molar-refractivity contribution in [1.82, 2.24) is 5.32 Å². The molecule has 2 rings (SSSR count). The second-order valence-electron chi connectivity index (χ2n) is 4.83. The summed E-state index contributed by atoms with van der Waals surface area (Å²) in [5.74, 6) is 0.806. The van der Waals surface area contributed by atoms with E-state index in [2.05, 4.69) is 23.9 Å². The number of methoxy groups -OCH3 is 1.